The van der Waals surface area contributed by atoms with Crippen molar-refractivity contribution < 1.29 is 0 Å². The smallest absolute Gasteiger partial charge is 0.0798 e. The van der Waals surface area contributed by atoms with Gasteiger partial charge < -0.3 is 5.32 Å². The molecule has 4 heteroatoms. The van der Waals surface area contributed by atoms with E-state index < -0.39 is 0 Å². The van der Waals surface area contributed by atoms with Crippen LogP contribution in [-0.2, 0) is 6.54 Å². The highest BCUT2D eigenvalue weighted by atomic mass is 32.1. The molecule has 1 N–H and O–H groups in total. The van der Waals surface area contributed by atoms with Crippen molar-refractivity contribution in [3.8, 4) is 0 Å². The third-order valence-electron chi connectivity index (χ3n) is 2.46. The van der Waals surface area contributed by atoms with Crippen LogP contribution in [0.15, 0.2) is 22.3 Å². The van der Waals surface area contributed by atoms with Crippen LogP contribution in [0, 0.1) is 6.92 Å². The zero-order chi connectivity index (χ0) is 10.7. The molecule has 0 aliphatic heterocycles. The zero-order valence-electron chi connectivity index (χ0n) is 8.86. The first-order chi connectivity index (χ1) is 7.27. The molecule has 1 atom stereocenters. The fourth-order valence-corrected chi connectivity index (χ4v) is 2.86. The van der Waals surface area contributed by atoms with Crippen LogP contribution >= 0.6 is 22.7 Å². The van der Waals surface area contributed by atoms with E-state index in [1.54, 1.807) is 22.7 Å². The Bertz CT molecular complexity index is 406. The summed E-state index contributed by atoms with van der Waals surface area (Å²) in [5, 5.41) is 7.81. The minimum atomic E-state index is 0.415. The molecule has 80 valence electrons. The van der Waals surface area contributed by atoms with Crippen molar-refractivity contribution in [3.63, 3.8) is 0 Å². The van der Waals surface area contributed by atoms with E-state index in [4.69, 9.17) is 0 Å². The van der Waals surface area contributed by atoms with Gasteiger partial charge in [-0.2, -0.15) is 11.3 Å². The Morgan fingerprint density at radius 2 is 2.40 bits per heavy atom. The standard InChI is InChI=1S/C11H14N2S2/c1-8(10-3-4-14-6-10)12-5-11-9(2)13-7-15-11/h3-4,6-8,12H,5H2,1-2H3. The number of hydrogen-bond donors (Lipinski definition) is 1. The molecule has 0 spiro atoms. The Morgan fingerprint density at radius 3 is 3.00 bits per heavy atom. The molecule has 0 saturated carbocycles. The highest BCUT2D eigenvalue weighted by molar-refractivity contribution is 7.09. The van der Waals surface area contributed by atoms with Crippen LogP contribution in [0.4, 0.5) is 0 Å². The van der Waals surface area contributed by atoms with E-state index in [0.717, 1.165) is 12.2 Å². The van der Waals surface area contributed by atoms with Gasteiger partial charge in [0.2, 0.25) is 0 Å². The molecule has 0 bridgehead atoms. The maximum absolute atomic E-state index is 4.24. The van der Waals surface area contributed by atoms with Gasteiger partial charge in [-0.3, -0.25) is 0 Å². The van der Waals surface area contributed by atoms with Gasteiger partial charge in [0.1, 0.15) is 0 Å². The van der Waals surface area contributed by atoms with E-state index in [9.17, 15) is 0 Å². The average molecular weight is 238 g/mol. The van der Waals surface area contributed by atoms with Gasteiger partial charge >= 0.3 is 0 Å². The molecular weight excluding hydrogens is 224 g/mol. The first-order valence-electron chi connectivity index (χ1n) is 4.92. The summed E-state index contributed by atoms with van der Waals surface area (Å²) in [7, 11) is 0. The SMILES string of the molecule is Cc1ncsc1CNC(C)c1ccsc1. The lowest BCUT2D eigenvalue weighted by molar-refractivity contribution is 0.578. The van der Waals surface area contributed by atoms with Crippen molar-refractivity contribution in [2.75, 3.05) is 0 Å². The first kappa shape index (κ1) is 10.8. The Kier molecular flexibility index (Phi) is 3.51. The number of aryl methyl sites for hydroxylation is 1. The van der Waals surface area contributed by atoms with Crippen molar-refractivity contribution in [1.82, 2.24) is 10.3 Å². The number of nitrogens with zero attached hydrogens (tertiary/aromatic N) is 1. The van der Waals surface area contributed by atoms with Gasteiger partial charge in [-0.1, -0.05) is 0 Å². The van der Waals surface area contributed by atoms with Crippen molar-refractivity contribution in [3.05, 3.63) is 38.5 Å². The topological polar surface area (TPSA) is 24.9 Å². The summed E-state index contributed by atoms with van der Waals surface area (Å²) in [6.45, 7) is 5.16. The molecule has 2 nitrogen and oxygen atoms in total. The minimum absolute atomic E-state index is 0.415. The monoisotopic (exact) mass is 238 g/mol. The lowest BCUT2D eigenvalue weighted by Crippen LogP contribution is -2.17. The zero-order valence-corrected chi connectivity index (χ0v) is 10.5. The van der Waals surface area contributed by atoms with Crippen LogP contribution in [0.25, 0.3) is 0 Å². The molecule has 0 fully saturated rings. The normalized spacial score (nSPS) is 12.9. The molecule has 0 saturated heterocycles. The van der Waals surface area contributed by atoms with Crippen LogP contribution in [-0.4, -0.2) is 4.98 Å². The van der Waals surface area contributed by atoms with E-state index in [1.807, 2.05) is 5.51 Å². The molecule has 2 rings (SSSR count). The molecule has 1 unspecified atom stereocenters. The second-order valence-electron chi connectivity index (χ2n) is 3.52. The van der Waals surface area contributed by atoms with Gasteiger partial charge in [0.25, 0.3) is 0 Å². The van der Waals surface area contributed by atoms with Crippen molar-refractivity contribution in [2.24, 2.45) is 0 Å². The van der Waals surface area contributed by atoms with Gasteiger partial charge in [-0.05, 0) is 36.2 Å². The second-order valence-corrected chi connectivity index (χ2v) is 5.24. The Labute approximate surface area is 98.0 Å². The van der Waals surface area contributed by atoms with E-state index in [-0.39, 0.29) is 0 Å². The highest BCUT2D eigenvalue weighted by Crippen LogP contribution is 2.18. The van der Waals surface area contributed by atoms with Gasteiger partial charge in [0, 0.05) is 17.5 Å². The summed E-state index contributed by atoms with van der Waals surface area (Å²) < 4.78 is 0. The molecule has 0 aliphatic carbocycles. The maximum Gasteiger partial charge on any atom is 0.0798 e. The molecule has 0 radical (unpaired) electrons. The quantitative estimate of drug-likeness (QED) is 0.883. The van der Waals surface area contributed by atoms with Gasteiger partial charge in [0.15, 0.2) is 0 Å². The van der Waals surface area contributed by atoms with Gasteiger partial charge in [0.05, 0.1) is 11.2 Å². The molecule has 2 aromatic rings. The van der Waals surface area contributed by atoms with Crippen LogP contribution < -0.4 is 5.32 Å². The van der Waals surface area contributed by atoms with Crippen molar-refractivity contribution >= 4 is 22.7 Å². The van der Waals surface area contributed by atoms with E-state index in [1.165, 1.54) is 10.4 Å². The predicted octanol–water partition coefficient (Wildman–Crippen LogP) is 3.36. The Balaban J connectivity index is 1.91. The lowest BCUT2D eigenvalue weighted by atomic mass is 10.2. The van der Waals surface area contributed by atoms with Crippen LogP contribution in [0.5, 0.6) is 0 Å². The summed E-state index contributed by atoms with van der Waals surface area (Å²) in [5.74, 6) is 0. The second kappa shape index (κ2) is 4.88. The predicted molar refractivity (Wildman–Crippen MR) is 66.4 cm³/mol. The lowest BCUT2D eigenvalue weighted by Gasteiger charge is -2.11. The maximum atomic E-state index is 4.24. The average Bonchev–Trinajstić information content (AvgIpc) is 2.85. The van der Waals surface area contributed by atoms with Gasteiger partial charge in [-0.15, -0.1) is 11.3 Å². The molecule has 15 heavy (non-hydrogen) atoms. The summed E-state index contributed by atoms with van der Waals surface area (Å²) >= 11 is 3.46. The summed E-state index contributed by atoms with van der Waals surface area (Å²) in [6, 6.07) is 2.58. The summed E-state index contributed by atoms with van der Waals surface area (Å²) in [5.41, 5.74) is 4.41. The third kappa shape index (κ3) is 2.65. The number of hydrogen-bond acceptors (Lipinski definition) is 4. The van der Waals surface area contributed by atoms with Gasteiger partial charge in [-0.25, -0.2) is 4.98 Å². The summed E-state index contributed by atoms with van der Waals surface area (Å²) in [6.07, 6.45) is 0. The van der Waals surface area contributed by atoms with Crippen molar-refractivity contribution in [2.45, 2.75) is 26.4 Å². The highest BCUT2D eigenvalue weighted by Gasteiger charge is 2.06. The number of thiophene rings is 1. The molecule has 0 amide bonds. The number of rotatable bonds is 4. The van der Waals surface area contributed by atoms with Crippen LogP contribution in [0.2, 0.25) is 0 Å². The number of nitrogens with one attached hydrogen (secondary N) is 1. The molecule has 0 aromatic carbocycles. The van der Waals surface area contributed by atoms with E-state index in [2.05, 4.69) is 41.0 Å². The number of aromatic nitrogens is 1. The Hall–Kier alpha value is -0.710. The molecule has 0 aliphatic rings. The minimum Gasteiger partial charge on any atom is -0.305 e. The van der Waals surface area contributed by atoms with Crippen LogP contribution in [0.1, 0.15) is 29.1 Å². The fraction of sp³-hybridized carbons (Fsp3) is 0.364. The van der Waals surface area contributed by atoms with Crippen LogP contribution in [0.3, 0.4) is 0 Å². The number of thiazole rings is 1. The summed E-state index contributed by atoms with van der Waals surface area (Å²) in [4.78, 5) is 5.57. The van der Waals surface area contributed by atoms with E-state index >= 15 is 0 Å². The molecular formula is C11H14N2S2. The van der Waals surface area contributed by atoms with Crippen molar-refractivity contribution in [1.29, 1.82) is 0 Å². The van der Waals surface area contributed by atoms with E-state index in [0.29, 0.717) is 6.04 Å². The first-order valence-corrected chi connectivity index (χ1v) is 6.74. The third-order valence-corrected chi connectivity index (χ3v) is 4.09. The fourth-order valence-electron chi connectivity index (χ4n) is 1.38. The Morgan fingerprint density at radius 1 is 1.53 bits per heavy atom. The molecule has 2 heterocycles. The molecule has 2 aromatic heterocycles. The largest absolute Gasteiger partial charge is 0.305 e.